The Bertz CT molecular complexity index is 1220. The summed E-state index contributed by atoms with van der Waals surface area (Å²) in [6.45, 7) is 9.62. The lowest BCUT2D eigenvalue weighted by Gasteiger charge is -2.43. The third-order valence-electron chi connectivity index (χ3n) is 7.35. The standard InChI is InChI=1S/C25H34F3N5O3S2/c1-17-15-30(38(5,35)36)16-18(2)31(17)11-7-6-8-12-32-23(37)33(22(34)24(32,3)4)20-10-9-19(14-29)21(13-20)25(26,27)28/h9-10,13,17-18H,6-8,11-12,15-16H2,1-5H3/t17-,18+. The molecule has 8 nitrogen and oxygen atoms in total. The summed E-state index contributed by atoms with van der Waals surface area (Å²) in [5, 5.41) is 9.21. The molecule has 2 heterocycles. The van der Waals surface area contributed by atoms with Crippen molar-refractivity contribution in [3.05, 3.63) is 29.3 Å². The zero-order valence-corrected chi connectivity index (χ0v) is 23.9. The summed E-state index contributed by atoms with van der Waals surface area (Å²) in [7, 11) is -3.23. The number of unbranched alkanes of at least 4 members (excludes halogenated alkanes) is 2. The van der Waals surface area contributed by atoms with Gasteiger partial charge in [-0.25, -0.2) is 8.42 Å². The molecular weight excluding hydrogens is 539 g/mol. The maximum Gasteiger partial charge on any atom is 0.417 e. The molecule has 1 amide bonds. The number of carbonyl (C=O) groups is 1. The number of hydrogen-bond acceptors (Lipinski definition) is 6. The number of anilines is 1. The number of benzene rings is 1. The summed E-state index contributed by atoms with van der Waals surface area (Å²) >= 11 is 5.54. The molecule has 13 heteroatoms. The molecule has 1 aromatic rings. The average molecular weight is 574 g/mol. The molecule has 0 aromatic heterocycles. The van der Waals surface area contributed by atoms with Crippen molar-refractivity contribution in [3.63, 3.8) is 0 Å². The molecule has 0 saturated carbocycles. The molecule has 2 saturated heterocycles. The van der Waals surface area contributed by atoms with Crippen LogP contribution in [0.25, 0.3) is 0 Å². The molecule has 2 atom stereocenters. The van der Waals surface area contributed by atoms with Crippen molar-refractivity contribution in [1.82, 2.24) is 14.1 Å². The van der Waals surface area contributed by atoms with Gasteiger partial charge in [-0.3, -0.25) is 14.6 Å². The lowest BCUT2D eigenvalue weighted by Crippen LogP contribution is -2.57. The van der Waals surface area contributed by atoms with E-state index in [-0.39, 0.29) is 22.9 Å². The van der Waals surface area contributed by atoms with Gasteiger partial charge in [0.05, 0.1) is 29.1 Å². The molecule has 210 valence electrons. The van der Waals surface area contributed by atoms with Gasteiger partial charge in [0.15, 0.2) is 5.11 Å². The number of thiocarbonyl (C=S) groups is 1. The van der Waals surface area contributed by atoms with Gasteiger partial charge in [-0.05, 0) is 77.5 Å². The maximum atomic E-state index is 13.5. The molecule has 1 aromatic carbocycles. The van der Waals surface area contributed by atoms with Gasteiger partial charge in [0.2, 0.25) is 10.0 Å². The molecule has 0 N–H and O–H groups in total. The summed E-state index contributed by atoms with van der Waals surface area (Å²) in [6, 6.07) is 4.90. The lowest BCUT2D eigenvalue weighted by atomic mass is 10.0. The van der Waals surface area contributed by atoms with E-state index >= 15 is 0 Å². The summed E-state index contributed by atoms with van der Waals surface area (Å²) in [6.07, 6.45) is -1.08. The Balaban J connectivity index is 1.62. The van der Waals surface area contributed by atoms with Crippen molar-refractivity contribution in [2.45, 2.75) is 70.8 Å². The second-order valence-corrected chi connectivity index (χ2v) is 12.9. The topological polar surface area (TPSA) is 88.0 Å². The summed E-state index contributed by atoms with van der Waals surface area (Å²) in [5.74, 6) is -0.424. The van der Waals surface area contributed by atoms with E-state index in [1.54, 1.807) is 24.8 Å². The molecule has 38 heavy (non-hydrogen) atoms. The van der Waals surface area contributed by atoms with Crippen LogP contribution in [0.15, 0.2) is 18.2 Å². The highest BCUT2D eigenvalue weighted by Gasteiger charge is 2.49. The Kier molecular flexibility index (Phi) is 8.82. The fourth-order valence-electron chi connectivity index (χ4n) is 5.20. The monoisotopic (exact) mass is 573 g/mol. The van der Waals surface area contributed by atoms with Crippen LogP contribution in [-0.4, -0.2) is 83.6 Å². The van der Waals surface area contributed by atoms with Crippen molar-refractivity contribution in [2.24, 2.45) is 0 Å². The zero-order valence-electron chi connectivity index (χ0n) is 22.2. The second-order valence-electron chi connectivity index (χ2n) is 10.5. The second kappa shape index (κ2) is 11.1. The Hall–Kier alpha value is -2.27. The van der Waals surface area contributed by atoms with Gasteiger partial charge in [0.1, 0.15) is 5.54 Å². The van der Waals surface area contributed by atoms with Crippen LogP contribution >= 0.6 is 12.2 Å². The molecule has 0 aliphatic carbocycles. The number of hydrogen-bond donors (Lipinski definition) is 0. The molecule has 0 unspecified atom stereocenters. The van der Waals surface area contributed by atoms with E-state index in [0.29, 0.717) is 19.6 Å². The minimum absolute atomic E-state index is 0.0156. The van der Waals surface area contributed by atoms with Crippen molar-refractivity contribution < 1.29 is 26.4 Å². The van der Waals surface area contributed by atoms with Gasteiger partial charge in [0.25, 0.3) is 5.91 Å². The predicted octanol–water partition coefficient (Wildman–Crippen LogP) is 3.81. The molecule has 0 spiro atoms. The average Bonchev–Trinajstić information content (AvgIpc) is 2.97. The Morgan fingerprint density at radius 1 is 1.11 bits per heavy atom. The number of sulfonamides is 1. The van der Waals surface area contributed by atoms with Crippen molar-refractivity contribution >= 4 is 38.9 Å². The van der Waals surface area contributed by atoms with Crippen LogP contribution in [0.4, 0.5) is 18.9 Å². The third-order valence-corrected chi connectivity index (χ3v) is 8.98. The number of halogens is 3. The highest BCUT2D eigenvalue weighted by Crippen LogP contribution is 2.38. The molecule has 3 rings (SSSR count). The van der Waals surface area contributed by atoms with Crippen LogP contribution in [0.5, 0.6) is 0 Å². The minimum atomic E-state index is -4.74. The number of alkyl halides is 3. The van der Waals surface area contributed by atoms with Gasteiger partial charge in [-0.2, -0.15) is 22.7 Å². The number of amides is 1. The van der Waals surface area contributed by atoms with E-state index in [1.165, 1.54) is 16.6 Å². The number of piperazine rings is 1. The van der Waals surface area contributed by atoms with Crippen LogP contribution in [0, 0.1) is 11.3 Å². The fraction of sp³-hybridized carbons (Fsp3) is 0.640. The molecule has 2 fully saturated rings. The SMILES string of the molecule is C[C@@H]1CN(S(C)(=O)=O)C[C@H](C)N1CCCCCN1C(=S)N(c2ccc(C#N)c(C(F)(F)F)c2)C(=O)C1(C)C. The first kappa shape index (κ1) is 30.3. The first-order valence-corrected chi connectivity index (χ1v) is 14.7. The predicted molar refractivity (Wildman–Crippen MR) is 143 cm³/mol. The van der Waals surface area contributed by atoms with Gasteiger partial charge >= 0.3 is 6.18 Å². The molecule has 0 bridgehead atoms. The Labute approximate surface area is 228 Å². The number of carbonyl (C=O) groups excluding carboxylic acids is 1. The van der Waals surface area contributed by atoms with E-state index in [1.807, 2.05) is 13.8 Å². The van der Waals surface area contributed by atoms with Crippen LogP contribution in [0.1, 0.15) is 58.1 Å². The third kappa shape index (κ3) is 6.14. The molecule has 0 radical (unpaired) electrons. The van der Waals surface area contributed by atoms with Gasteiger partial charge < -0.3 is 4.90 Å². The lowest BCUT2D eigenvalue weighted by molar-refractivity contribution is -0.137. The van der Waals surface area contributed by atoms with Crippen molar-refractivity contribution in [2.75, 3.05) is 37.3 Å². The van der Waals surface area contributed by atoms with Crippen LogP contribution in [0.2, 0.25) is 0 Å². The first-order valence-electron chi connectivity index (χ1n) is 12.5. The molecule has 2 aliphatic rings. The van der Waals surface area contributed by atoms with Gasteiger partial charge in [-0.1, -0.05) is 6.42 Å². The fourth-order valence-corrected chi connectivity index (χ4v) is 6.68. The van der Waals surface area contributed by atoms with E-state index < -0.39 is 38.8 Å². The first-order chi connectivity index (χ1) is 17.5. The van der Waals surface area contributed by atoms with Crippen molar-refractivity contribution in [3.8, 4) is 6.07 Å². The normalized spacial score (nSPS) is 23.2. The van der Waals surface area contributed by atoms with Crippen LogP contribution < -0.4 is 4.90 Å². The van der Waals surface area contributed by atoms with Crippen LogP contribution in [0.3, 0.4) is 0 Å². The largest absolute Gasteiger partial charge is 0.417 e. The highest BCUT2D eigenvalue weighted by molar-refractivity contribution is 7.88. The summed E-state index contributed by atoms with van der Waals surface area (Å²) in [5.41, 5.74) is -2.67. The summed E-state index contributed by atoms with van der Waals surface area (Å²) < 4.78 is 65.8. The zero-order chi connectivity index (χ0) is 28.6. The number of nitriles is 1. The van der Waals surface area contributed by atoms with Crippen LogP contribution in [-0.2, 0) is 21.0 Å². The van der Waals surface area contributed by atoms with E-state index in [9.17, 15) is 26.4 Å². The smallest absolute Gasteiger partial charge is 0.334 e. The van der Waals surface area contributed by atoms with E-state index in [4.69, 9.17) is 17.5 Å². The number of nitrogens with zero attached hydrogens (tertiary/aromatic N) is 5. The Morgan fingerprint density at radius 2 is 1.68 bits per heavy atom. The quantitative estimate of drug-likeness (QED) is 0.345. The minimum Gasteiger partial charge on any atom is -0.334 e. The van der Waals surface area contributed by atoms with Crippen molar-refractivity contribution in [1.29, 1.82) is 5.26 Å². The number of rotatable bonds is 8. The van der Waals surface area contributed by atoms with E-state index in [0.717, 1.165) is 42.8 Å². The summed E-state index contributed by atoms with van der Waals surface area (Å²) in [4.78, 5) is 18.4. The van der Waals surface area contributed by atoms with Gasteiger partial charge in [-0.15, -0.1) is 0 Å². The molecular formula is C25H34F3N5O3S2. The van der Waals surface area contributed by atoms with Gasteiger partial charge in [0, 0.05) is 31.7 Å². The van der Waals surface area contributed by atoms with E-state index in [2.05, 4.69) is 4.90 Å². The maximum absolute atomic E-state index is 13.5. The molecule has 2 aliphatic heterocycles. The highest BCUT2D eigenvalue weighted by atomic mass is 32.2. The Morgan fingerprint density at radius 3 is 2.21 bits per heavy atom.